The van der Waals surface area contributed by atoms with Gasteiger partial charge >= 0.3 is 0 Å². The Morgan fingerprint density at radius 1 is 1.19 bits per heavy atom. The molecule has 1 aliphatic rings. The van der Waals surface area contributed by atoms with Crippen LogP contribution < -0.4 is 20.1 Å². The average Bonchev–Trinajstić information content (AvgIpc) is 2.67. The van der Waals surface area contributed by atoms with Gasteiger partial charge in [-0.25, -0.2) is 0 Å². The summed E-state index contributed by atoms with van der Waals surface area (Å²) in [7, 11) is 3.29. The minimum atomic E-state index is -0.460. The molecule has 0 aliphatic carbocycles. The maximum atomic E-state index is 13.0. The van der Waals surface area contributed by atoms with Crippen LogP contribution in [0.15, 0.2) is 18.2 Å². The molecule has 0 radical (unpaired) electrons. The van der Waals surface area contributed by atoms with Gasteiger partial charge in [0.1, 0.15) is 0 Å². The minimum Gasteiger partial charge on any atom is -0.493 e. The number of carbonyl (C=O) groups excluding carboxylic acids is 1. The van der Waals surface area contributed by atoms with E-state index in [2.05, 4.69) is 24.5 Å². The molecule has 0 saturated carbocycles. The number of benzene rings is 1. The van der Waals surface area contributed by atoms with Crippen molar-refractivity contribution in [2.45, 2.75) is 39.7 Å². The highest BCUT2D eigenvalue weighted by atomic mass is 16.5. The van der Waals surface area contributed by atoms with Crippen LogP contribution in [-0.4, -0.2) is 46.4 Å². The number of hydrogen-bond acceptors (Lipinski definition) is 5. The maximum absolute atomic E-state index is 13.0. The number of hydrogen-bond donors (Lipinski definition) is 2. The molecule has 0 spiro atoms. The molecule has 6 heteroatoms. The Kier molecular flexibility index (Phi) is 7.92. The molecule has 6 nitrogen and oxygen atoms in total. The van der Waals surface area contributed by atoms with E-state index >= 15 is 0 Å². The first-order chi connectivity index (χ1) is 12.9. The summed E-state index contributed by atoms with van der Waals surface area (Å²) in [6, 6.07) is 5.70. The van der Waals surface area contributed by atoms with Crippen LogP contribution in [0.1, 0.15) is 45.2 Å². The Morgan fingerprint density at radius 2 is 1.89 bits per heavy atom. The van der Waals surface area contributed by atoms with E-state index in [1.807, 2.05) is 25.1 Å². The maximum Gasteiger partial charge on any atom is 0.229 e. The molecule has 27 heavy (non-hydrogen) atoms. The van der Waals surface area contributed by atoms with Gasteiger partial charge in [0.15, 0.2) is 11.5 Å². The van der Waals surface area contributed by atoms with Crippen LogP contribution >= 0.6 is 0 Å². The molecule has 1 aromatic rings. The van der Waals surface area contributed by atoms with Crippen LogP contribution in [0, 0.1) is 11.3 Å². The second-order valence-corrected chi connectivity index (χ2v) is 7.77. The van der Waals surface area contributed by atoms with Gasteiger partial charge in [0.05, 0.1) is 31.8 Å². The van der Waals surface area contributed by atoms with Crippen molar-refractivity contribution in [2.24, 2.45) is 11.3 Å². The Balaban J connectivity index is 2.09. The molecular weight excluding hydrogens is 344 g/mol. The number of methoxy groups -OCH3 is 2. The topological polar surface area (TPSA) is 68.8 Å². The van der Waals surface area contributed by atoms with E-state index in [4.69, 9.17) is 14.2 Å². The van der Waals surface area contributed by atoms with Gasteiger partial charge in [-0.1, -0.05) is 19.9 Å². The van der Waals surface area contributed by atoms with Crippen molar-refractivity contribution in [1.29, 1.82) is 0 Å². The summed E-state index contributed by atoms with van der Waals surface area (Å²) < 4.78 is 16.7. The third kappa shape index (κ3) is 5.59. The normalized spacial score (nSPS) is 17.4. The third-order valence-corrected chi connectivity index (χ3v) is 5.07. The molecule has 0 aromatic heterocycles. The van der Waals surface area contributed by atoms with Crippen LogP contribution in [0.25, 0.3) is 0 Å². The SMILES string of the molecule is COCC1(C(=O)NC(C)c2ccc(OCC(C)C)c(OC)c2)CCNCC1. The van der Waals surface area contributed by atoms with Gasteiger partial charge in [0.25, 0.3) is 0 Å². The van der Waals surface area contributed by atoms with E-state index in [9.17, 15) is 4.79 Å². The summed E-state index contributed by atoms with van der Waals surface area (Å²) in [6.45, 7) is 8.95. The number of amides is 1. The van der Waals surface area contributed by atoms with E-state index < -0.39 is 5.41 Å². The standard InChI is InChI=1S/C21H34N2O4/c1-15(2)13-27-18-7-6-17(12-19(18)26-5)16(3)23-20(24)21(14-25-4)8-10-22-11-9-21/h6-7,12,15-16,22H,8-11,13-14H2,1-5H3,(H,23,24). The Bertz CT molecular complexity index is 607. The summed E-state index contributed by atoms with van der Waals surface area (Å²) in [5, 5.41) is 6.48. The lowest BCUT2D eigenvalue weighted by Crippen LogP contribution is -2.50. The molecule has 152 valence electrons. The second-order valence-electron chi connectivity index (χ2n) is 7.77. The van der Waals surface area contributed by atoms with Gasteiger partial charge in [-0.05, 0) is 56.5 Å². The van der Waals surface area contributed by atoms with E-state index in [0.717, 1.165) is 37.2 Å². The molecule has 1 fully saturated rings. The first-order valence-electron chi connectivity index (χ1n) is 9.73. The van der Waals surface area contributed by atoms with Crippen LogP contribution in [0.2, 0.25) is 0 Å². The van der Waals surface area contributed by atoms with Crippen molar-refractivity contribution >= 4 is 5.91 Å². The Hall–Kier alpha value is -1.79. The molecule has 2 N–H and O–H groups in total. The van der Waals surface area contributed by atoms with Crippen LogP contribution in [0.3, 0.4) is 0 Å². The number of ether oxygens (including phenoxy) is 3. The molecular formula is C21H34N2O4. The fourth-order valence-electron chi connectivity index (χ4n) is 3.38. The van der Waals surface area contributed by atoms with Crippen molar-refractivity contribution in [3.8, 4) is 11.5 Å². The Labute approximate surface area is 163 Å². The first-order valence-corrected chi connectivity index (χ1v) is 9.73. The van der Waals surface area contributed by atoms with Crippen molar-refractivity contribution in [3.05, 3.63) is 23.8 Å². The molecule has 1 aliphatic heterocycles. The number of carbonyl (C=O) groups is 1. The molecule has 1 heterocycles. The van der Waals surface area contributed by atoms with Crippen molar-refractivity contribution in [3.63, 3.8) is 0 Å². The van der Waals surface area contributed by atoms with Crippen molar-refractivity contribution < 1.29 is 19.0 Å². The number of nitrogens with one attached hydrogen (secondary N) is 2. The second kappa shape index (κ2) is 9.95. The highest BCUT2D eigenvalue weighted by Crippen LogP contribution is 2.33. The summed E-state index contributed by atoms with van der Waals surface area (Å²) in [6.07, 6.45) is 1.56. The predicted molar refractivity (Wildman–Crippen MR) is 106 cm³/mol. The average molecular weight is 379 g/mol. The van der Waals surface area contributed by atoms with Gasteiger partial charge < -0.3 is 24.8 Å². The van der Waals surface area contributed by atoms with Gasteiger partial charge in [-0.2, -0.15) is 0 Å². The lowest BCUT2D eigenvalue weighted by atomic mass is 9.78. The number of piperidine rings is 1. The summed E-state index contributed by atoms with van der Waals surface area (Å²) in [4.78, 5) is 13.0. The smallest absolute Gasteiger partial charge is 0.229 e. The van der Waals surface area contributed by atoms with E-state index in [-0.39, 0.29) is 11.9 Å². The summed E-state index contributed by atoms with van der Waals surface area (Å²) in [5.74, 6) is 1.90. The first kappa shape index (κ1) is 21.5. The van der Waals surface area contributed by atoms with Gasteiger partial charge in [-0.3, -0.25) is 4.79 Å². The van der Waals surface area contributed by atoms with Crippen molar-refractivity contribution in [1.82, 2.24) is 10.6 Å². The molecule has 1 amide bonds. The highest BCUT2D eigenvalue weighted by molar-refractivity contribution is 5.83. The zero-order valence-electron chi connectivity index (χ0n) is 17.3. The third-order valence-electron chi connectivity index (χ3n) is 5.07. The molecule has 0 bridgehead atoms. The van der Waals surface area contributed by atoms with Crippen LogP contribution in [-0.2, 0) is 9.53 Å². The molecule has 1 unspecified atom stereocenters. The largest absolute Gasteiger partial charge is 0.493 e. The van der Waals surface area contributed by atoms with E-state index in [0.29, 0.717) is 24.9 Å². The molecule has 2 rings (SSSR count). The summed E-state index contributed by atoms with van der Waals surface area (Å²) >= 11 is 0. The van der Waals surface area contributed by atoms with Gasteiger partial charge in [-0.15, -0.1) is 0 Å². The zero-order chi connectivity index (χ0) is 19.9. The number of rotatable bonds is 9. The van der Waals surface area contributed by atoms with Crippen molar-refractivity contribution in [2.75, 3.05) is 40.5 Å². The van der Waals surface area contributed by atoms with E-state index in [1.54, 1.807) is 14.2 Å². The fraction of sp³-hybridized carbons (Fsp3) is 0.667. The highest BCUT2D eigenvalue weighted by Gasteiger charge is 2.40. The van der Waals surface area contributed by atoms with E-state index in [1.165, 1.54) is 0 Å². The minimum absolute atomic E-state index is 0.0532. The fourth-order valence-corrected chi connectivity index (χ4v) is 3.38. The lowest BCUT2D eigenvalue weighted by molar-refractivity contribution is -0.136. The molecule has 1 saturated heterocycles. The molecule has 1 aromatic carbocycles. The quantitative estimate of drug-likeness (QED) is 0.691. The van der Waals surface area contributed by atoms with Crippen LogP contribution in [0.5, 0.6) is 11.5 Å². The predicted octanol–water partition coefficient (Wildman–Crippen LogP) is 2.92. The lowest BCUT2D eigenvalue weighted by Gasteiger charge is -2.36. The van der Waals surface area contributed by atoms with Crippen LogP contribution in [0.4, 0.5) is 0 Å². The molecule has 1 atom stereocenters. The summed E-state index contributed by atoms with van der Waals surface area (Å²) in [5.41, 5.74) is 0.525. The monoisotopic (exact) mass is 378 g/mol. The Morgan fingerprint density at radius 3 is 2.48 bits per heavy atom. The zero-order valence-corrected chi connectivity index (χ0v) is 17.3. The van der Waals surface area contributed by atoms with Gasteiger partial charge in [0, 0.05) is 7.11 Å². The van der Waals surface area contributed by atoms with Gasteiger partial charge in [0.2, 0.25) is 5.91 Å².